The second-order valence-corrected chi connectivity index (χ2v) is 5.03. The Morgan fingerprint density at radius 2 is 2.27 bits per heavy atom. The third-order valence-corrected chi connectivity index (χ3v) is 3.61. The van der Waals surface area contributed by atoms with Gasteiger partial charge in [-0.15, -0.1) is 0 Å². The smallest absolute Gasteiger partial charge is 0.315 e. The zero-order chi connectivity index (χ0) is 11.2. The predicted molar refractivity (Wildman–Crippen MR) is 61.1 cm³/mol. The lowest BCUT2D eigenvalue weighted by Gasteiger charge is -2.13. The van der Waals surface area contributed by atoms with Gasteiger partial charge in [-0.25, -0.2) is 0 Å². The van der Waals surface area contributed by atoms with Gasteiger partial charge in [-0.3, -0.25) is 4.79 Å². The Labute approximate surface area is 100 Å². The molecule has 0 saturated heterocycles. The molecule has 0 aromatic heterocycles. The highest BCUT2D eigenvalue weighted by Gasteiger charge is 2.60. The highest BCUT2D eigenvalue weighted by molar-refractivity contribution is 9.10. The first-order valence-electron chi connectivity index (χ1n) is 4.43. The largest absolute Gasteiger partial charge is 0.481 e. The van der Waals surface area contributed by atoms with Crippen molar-refractivity contribution in [1.82, 2.24) is 0 Å². The normalized spacial score (nSPS) is 28.9. The molecule has 0 heterocycles. The van der Waals surface area contributed by atoms with E-state index in [1.165, 1.54) is 0 Å². The number of halogens is 2. The molecular formula is C10H9BrClNO2. The van der Waals surface area contributed by atoms with Crippen LogP contribution in [-0.4, -0.2) is 17.1 Å². The molecular weight excluding hydrogens is 281 g/mol. The Hall–Kier alpha value is -0.580. The van der Waals surface area contributed by atoms with E-state index in [1.807, 2.05) is 0 Å². The van der Waals surface area contributed by atoms with Crippen LogP contribution in [0.1, 0.15) is 12.0 Å². The van der Waals surface area contributed by atoms with Crippen molar-refractivity contribution in [3.05, 3.63) is 33.3 Å². The minimum absolute atomic E-state index is 0.339. The molecule has 3 nitrogen and oxygen atoms in total. The number of carboxylic acids is 1. The number of nitrogens with two attached hydrogens (primary N) is 1. The SMILES string of the molecule is NC1CC1(C(=O)O)c1ccc(Br)cc1Cl. The fourth-order valence-corrected chi connectivity index (χ4v) is 2.65. The van der Waals surface area contributed by atoms with E-state index in [0.717, 1.165) is 4.47 Å². The van der Waals surface area contributed by atoms with Crippen molar-refractivity contribution in [1.29, 1.82) is 0 Å². The molecule has 1 fully saturated rings. The van der Waals surface area contributed by atoms with E-state index in [9.17, 15) is 9.90 Å². The van der Waals surface area contributed by atoms with Gasteiger partial charge in [-0.1, -0.05) is 33.6 Å². The minimum atomic E-state index is -0.974. The van der Waals surface area contributed by atoms with Crippen LogP contribution in [0.25, 0.3) is 0 Å². The summed E-state index contributed by atoms with van der Waals surface area (Å²) in [7, 11) is 0. The molecule has 0 aliphatic heterocycles. The van der Waals surface area contributed by atoms with Gasteiger partial charge in [-0.2, -0.15) is 0 Å². The van der Waals surface area contributed by atoms with Crippen LogP contribution in [0.5, 0.6) is 0 Å². The first-order chi connectivity index (χ1) is 6.98. The van der Waals surface area contributed by atoms with E-state index < -0.39 is 11.4 Å². The van der Waals surface area contributed by atoms with E-state index in [4.69, 9.17) is 17.3 Å². The van der Waals surface area contributed by atoms with Crippen LogP contribution in [0.15, 0.2) is 22.7 Å². The van der Waals surface area contributed by atoms with Gasteiger partial charge in [0.05, 0.1) is 0 Å². The predicted octanol–water partition coefficient (Wildman–Crippen LogP) is 2.16. The maximum absolute atomic E-state index is 11.2. The van der Waals surface area contributed by atoms with E-state index >= 15 is 0 Å². The van der Waals surface area contributed by atoms with Crippen molar-refractivity contribution >= 4 is 33.5 Å². The number of carbonyl (C=O) groups is 1. The molecule has 0 radical (unpaired) electrons. The average Bonchev–Trinajstić information content (AvgIpc) is 2.78. The number of benzene rings is 1. The molecule has 0 spiro atoms. The number of hydrogen-bond donors (Lipinski definition) is 2. The van der Waals surface area contributed by atoms with Gasteiger partial charge in [0.25, 0.3) is 0 Å². The van der Waals surface area contributed by atoms with E-state index in [0.29, 0.717) is 17.0 Å². The summed E-state index contributed by atoms with van der Waals surface area (Å²) in [4.78, 5) is 11.2. The molecule has 0 amide bonds. The molecule has 1 aromatic rings. The lowest BCUT2D eigenvalue weighted by molar-refractivity contribution is -0.140. The fourth-order valence-electron chi connectivity index (χ4n) is 1.81. The molecule has 5 heteroatoms. The lowest BCUT2D eigenvalue weighted by Crippen LogP contribution is -2.28. The fraction of sp³-hybridized carbons (Fsp3) is 0.300. The number of aliphatic carboxylic acids is 1. The van der Waals surface area contributed by atoms with Crippen LogP contribution in [0.3, 0.4) is 0 Å². The third-order valence-electron chi connectivity index (χ3n) is 2.81. The monoisotopic (exact) mass is 289 g/mol. The summed E-state index contributed by atoms with van der Waals surface area (Å²) in [5.41, 5.74) is 5.32. The van der Waals surface area contributed by atoms with Crippen LogP contribution in [0, 0.1) is 0 Å². The Balaban J connectivity index is 2.50. The summed E-state index contributed by atoms with van der Waals surface area (Å²) >= 11 is 9.29. The van der Waals surface area contributed by atoms with Crippen molar-refractivity contribution in [2.45, 2.75) is 17.9 Å². The molecule has 1 saturated carbocycles. The van der Waals surface area contributed by atoms with Crippen molar-refractivity contribution in [3.8, 4) is 0 Å². The molecule has 3 N–H and O–H groups in total. The highest BCUT2D eigenvalue weighted by atomic mass is 79.9. The second-order valence-electron chi connectivity index (χ2n) is 3.71. The van der Waals surface area contributed by atoms with Gasteiger partial charge >= 0.3 is 5.97 Å². The maximum atomic E-state index is 11.2. The zero-order valence-electron chi connectivity index (χ0n) is 7.71. The van der Waals surface area contributed by atoms with E-state index in [-0.39, 0.29) is 6.04 Å². The number of hydrogen-bond acceptors (Lipinski definition) is 2. The van der Waals surface area contributed by atoms with Crippen molar-refractivity contribution in [2.24, 2.45) is 5.73 Å². The quantitative estimate of drug-likeness (QED) is 0.877. The van der Waals surface area contributed by atoms with Crippen molar-refractivity contribution < 1.29 is 9.90 Å². The summed E-state index contributed by atoms with van der Waals surface area (Å²) in [6.07, 6.45) is 0.448. The molecule has 0 bridgehead atoms. The summed E-state index contributed by atoms with van der Waals surface area (Å²) in [6, 6.07) is 4.84. The molecule has 1 aliphatic rings. The topological polar surface area (TPSA) is 63.3 Å². The second kappa shape index (κ2) is 3.47. The number of carboxylic acid groups (broad SMARTS) is 1. The molecule has 2 unspecified atom stereocenters. The first-order valence-corrected chi connectivity index (χ1v) is 5.60. The summed E-state index contributed by atoms with van der Waals surface area (Å²) in [6.45, 7) is 0. The molecule has 80 valence electrons. The Kier molecular flexibility index (Phi) is 2.53. The van der Waals surface area contributed by atoms with Crippen molar-refractivity contribution in [3.63, 3.8) is 0 Å². The first kappa shape index (κ1) is 10.9. The van der Waals surface area contributed by atoms with Gasteiger partial charge in [-0.05, 0) is 24.1 Å². The minimum Gasteiger partial charge on any atom is -0.481 e. The van der Waals surface area contributed by atoms with Gasteiger partial charge in [0.15, 0.2) is 0 Å². The summed E-state index contributed by atoms with van der Waals surface area (Å²) in [5, 5.41) is 9.62. The lowest BCUT2D eigenvalue weighted by atomic mass is 9.95. The highest BCUT2D eigenvalue weighted by Crippen LogP contribution is 2.49. The van der Waals surface area contributed by atoms with Crippen LogP contribution < -0.4 is 5.73 Å². The third kappa shape index (κ3) is 1.57. The van der Waals surface area contributed by atoms with Gasteiger partial charge < -0.3 is 10.8 Å². The summed E-state index contributed by atoms with van der Waals surface area (Å²) in [5.74, 6) is -0.903. The van der Waals surface area contributed by atoms with Crippen LogP contribution in [0.4, 0.5) is 0 Å². The van der Waals surface area contributed by atoms with Crippen LogP contribution in [0.2, 0.25) is 5.02 Å². The Bertz CT molecular complexity index is 437. The summed E-state index contributed by atoms with van der Waals surface area (Å²) < 4.78 is 0.825. The zero-order valence-corrected chi connectivity index (χ0v) is 10.0. The van der Waals surface area contributed by atoms with E-state index in [1.54, 1.807) is 18.2 Å². The molecule has 2 rings (SSSR count). The molecule has 1 aromatic carbocycles. The van der Waals surface area contributed by atoms with Crippen molar-refractivity contribution in [2.75, 3.05) is 0 Å². The molecule has 1 aliphatic carbocycles. The number of rotatable bonds is 2. The van der Waals surface area contributed by atoms with Crippen LogP contribution in [-0.2, 0) is 10.2 Å². The maximum Gasteiger partial charge on any atom is 0.315 e. The standard InChI is InChI=1S/C10H9BrClNO2/c11-5-1-2-6(7(12)3-5)10(9(14)15)4-8(10)13/h1-3,8H,4,13H2,(H,14,15). The Morgan fingerprint density at radius 1 is 1.67 bits per heavy atom. The average molecular weight is 291 g/mol. The molecule has 15 heavy (non-hydrogen) atoms. The Morgan fingerprint density at radius 3 is 2.67 bits per heavy atom. The van der Waals surface area contributed by atoms with Crippen LogP contribution >= 0.6 is 27.5 Å². The van der Waals surface area contributed by atoms with Gasteiger partial charge in [0, 0.05) is 15.5 Å². The van der Waals surface area contributed by atoms with E-state index in [2.05, 4.69) is 15.9 Å². The van der Waals surface area contributed by atoms with Gasteiger partial charge in [0.1, 0.15) is 5.41 Å². The van der Waals surface area contributed by atoms with Gasteiger partial charge in [0.2, 0.25) is 0 Å². The molecule has 2 atom stereocenters.